The number of anilines is 1. The summed E-state index contributed by atoms with van der Waals surface area (Å²) in [6.07, 6.45) is 2.04. The molecule has 0 aromatic heterocycles. The molecule has 30 heavy (non-hydrogen) atoms. The van der Waals surface area contributed by atoms with Crippen LogP contribution in [0.3, 0.4) is 0 Å². The number of nitrogens with one attached hydrogen (secondary N) is 2. The first-order valence-electron chi connectivity index (χ1n) is 9.60. The molecule has 4 amide bonds. The maximum absolute atomic E-state index is 13.2. The predicted molar refractivity (Wildman–Crippen MR) is 108 cm³/mol. The van der Waals surface area contributed by atoms with Crippen molar-refractivity contribution in [2.45, 2.75) is 31.7 Å². The number of carbonyl (C=O) groups excluding carboxylic acids is 3. The van der Waals surface area contributed by atoms with Crippen molar-refractivity contribution in [1.29, 1.82) is 0 Å². The van der Waals surface area contributed by atoms with E-state index in [0.29, 0.717) is 12.0 Å². The molecule has 1 saturated heterocycles. The van der Waals surface area contributed by atoms with Crippen LogP contribution in [0.4, 0.5) is 16.2 Å². The van der Waals surface area contributed by atoms with Crippen LogP contribution < -0.4 is 10.6 Å². The number of fused-ring (bicyclic) bond motifs is 2. The van der Waals surface area contributed by atoms with Crippen molar-refractivity contribution in [2.75, 3.05) is 11.9 Å². The highest BCUT2D eigenvalue weighted by atomic mass is 16.6. The van der Waals surface area contributed by atoms with Crippen LogP contribution >= 0.6 is 0 Å². The highest BCUT2D eigenvalue weighted by Gasteiger charge is 2.54. The molecule has 1 fully saturated rings. The number of hydrogen-bond acceptors (Lipinski definition) is 5. The second-order valence-electron chi connectivity index (χ2n) is 7.49. The van der Waals surface area contributed by atoms with Gasteiger partial charge in [-0.25, -0.2) is 4.79 Å². The van der Waals surface area contributed by atoms with Gasteiger partial charge in [0.05, 0.1) is 16.2 Å². The molecule has 1 unspecified atom stereocenters. The maximum atomic E-state index is 13.2. The van der Waals surface area contributed by atoms with E-state index in [0.717, 1.165) is 28.9 Å². The lowest BCUT2D eigenvalue weighted by atomic mass is 9.76. The van der Waals surface area contributed by atoms with E-state index in [-0.39, 0.29) is 11.4 Å². The summed E-state index contributed by atoms with van der Waals surface area (Å²) >= 11 is 0. The van der Waals surface area contributed by atoms with Crippen LogP contribution in [0.15, 0.2) is 42.5 Å². The lowest BCUT2D eigenvalue weighted by Crippen LogP contribution is -2.47. The third-order valence-corrected chi connectivity index (χ3v) is 5.73. The van der Waals surface area contributed by atoms with Gasteiger partial charge in [-0.05, 0) is 43.4 Å². The van der Waals surface area contributed by atoms with Crippen LogP contribution in [-0.4, -0.2) is 34.2 Å². The summed E-state index contributed by atoms with van der Waals surface area (Å²) in [6.45, 7) is 1.05. The van der Waals surface area contributed by atoms with Gasteiger partial charge in [0.15, 0.2) is 0 Å². The number of rotatable bonds is 4. The fraction of sp³-hybridized carbons (Fsp3) is 0.286. The third kappa shape index (κ3) is 3.08. The second kappa shape index (κ2) is 7.25. The summed E-state index contributed by atoms with van der Waals surface area (Å²) in [6, 6.07) is 11.2. The molecule has 1 heterocycles. The van der Waals surface area contributed by atoms with Gasteiger partial charge in [0.1, 0.15) is 12.1 Å². The number of nitrogens with zero attached hydrogens (tertiary/aromatic N) is 2. The Kier molecular flexibility index (Phi) is 4.73. The Morgan fingerprint density at radius 1 is 1.23 bits per heavy atom. The van der Waals surface area contributed by atoms with Crippen molar-refractivity contribution < 1.29 is 19.3 Å². The van der Waals surface area contributed by atoms with E-state index in [1.165, 1.54) is 25.1 Å². The number of nitro benzene ring substituents is 1. The van der Waals surface area contributed by atoms with Crippen molar-refractivity contribution in [1.82, 2.24) is 10.2 Å². The number of hydrogen-bond donors (Lipinski definition) is 2. The van der Waals surface area contributed by atoms with E-state index in [9.17, 15) is 24.5 Å². The molecule has 1 atom stereocenters. The number of nitro groups is 1. The lowest BCUT2D eigenvalue weighted by Gasteiger charge is -2.33. The van der Waals surface area contributed by atoms with Crippen molar-refractivity contribution in [2.24, 2.45) is 0 Å². The van der Waals surface area contributed by atoms with Crippen molar-refractivity contribution in [3.63, 3.8) is 0 Å². The van der Waals surface area contributed by atoms with E-state index in [4.69, 9.17) is 0 Å². The predicted octanol–water partition coefficient (Wildman–Crippen LogP) is 2.63. The van der Waals surface area contributed by atoms with Crippen LogP contribution in [0.2, 0.25) is 0 Å². The maximum Gasteiger partial charge on any atom is 0.325 e. The Bertz CT molecular complexity index is 1080. The normalized spacial score (nSPS) is 20.1. The molecule has 0 radical (unpaired) electrons. The fourth-order valence-corrected chi connectivity index (χ4v) is 4.25. The van der Waals surface area contributed by atoms with E-state index >= 15 is 0 Å². The summed E-state index contributed by atoms with van der Waals surface area (Å²) in [4.78, 5) is 49.8. The summed E-state index contributed by atoms with van der Waals surface area (Å²) in [7, 11) is 0. The molecule has 9 nitrogen and oxygen atoms in total. The second-order valence-corrected chi connectivity index (χ2v) is 7.49. The molecule has 154 valence electrons. The van der Waals surface area contributed by atoms with Crippen LogP contribution in [0, 0.1) is 17.0 Å². The van der Waals surface area contributed by atoms with Crippen LogP contribution in [0.25, 0.3) is 0 Å². The first-order chi connectivity index (χ1) is 14.3. The Morgan fingerprint density at radius 2 is 2.00 bits per heavy atom. The smallest absolute Gasteiger partial charge is 0.324 e. The standard InChI is InChI=1S/C21H20N4O5/c1-13-16(9-4-10-17(13)25(29)30)22-18(26)12-24-19(27)21(23-20(24)28)11-5-7-14-6-2-3-8-15(14)21/h2-4,6,8-10H,5,7,11-12H2,1H3,(H,22,26)(H,23,28). The Labute approximate surface area is 172 Å². The van der Waals surface area contributed by atoms with Crippen molar-refractivity contribution >= 4 is 29.2 Å². The van der Waals surface area contributed by atoms with E-state index in [2.05, 4.69) is 10.6 Å². The number of carbonyl (C=O) groups is 3. The molecule has 0 saturated carbocycles. The number of amides is 4. The minimum Gasteiger partial charge on any atom is -0.324 e. The van der Waals surface area contributed by atoms with Gasteiger partial charge >= 0.3 is 6.03 Å². The topological polar surface area (TPSA) is 122 Å². The zero-order valence-corrected chi connectivity index (χ0v) is 16.3. The molecule has 2 N–H and O–H groups in total. The highest BCUT2D eigenvalue weighted by molar-refractivity contribution is 6.10. The molecular weight excluding hydrogens is 388 g/mol. The van der Waals surface area contributed by atoms with E-state index in [1.807, 2.05) is 24.3 Å². The number of imide groups is 1. The van der Waals surface area contributed by atoms with E-state index < -0.39 is 34.9 Å². The molecule has 1 aliphatic carbocycles. The summed E-state index contributed by atoms with van der Waals surface area (Å²) in [5.41, 5.74) is 1.07. The zero-order valence-electron chi connectivity index (χ0n) is 16.3. The number of aryl methyl sites for hydroxylation is 1. The lowest BCUT2D eigenvalue weighted by molar-refractivity contribution is -0.385. The van der Waals surface area contributed by atoms with Gasteiger partial charge in [0.25, 0.3) is 11.6 Å². The van der Waals surface area contributed by atoms with Gasteiger partial charge in [-0.1, -0.05) is 30.3 Å². The number of benzene rings is 2. The largest absolute Gasteiger partial charge is 0.325 e. The van der Waals surface area contributed by atoms with Gasteiger partial charge in [-0.3, -0.25) is 24.6 Å². The fourth-order valence-electron chi connectivity index (χ4n) is 4.25. The monoisotopic (exact) mass is 408 g/mol. The molecule has 1 spiro atoms. The van der Waals surface area contributed by atoms with Crippen LogP contribution in [-0.2, 0) is 21.5 Å². The quantitative estimate of drug-likeness (QED) is 0.458. The van der Waals surface area contributed by atoms with Crippen LogP contribution in [0.1, 0.15) is 29.5 Å². The van der Waals surface area contributed by atoms with Gasteiger partial charge in [0.2, 0.25) is 5.91 Å². The molecule has 9 heteroatoms. The van der Waals surface area contributed by atoms with Crippen LogP contribution in [0.5, 0.6) is 0 Å². The van der Waals surface area contributed by atoms with Gasteiger partial charge in [0, 0.05) is 6.07 Å². The summed E-state index contributed by atoms with van der Waals surface area (Å²) < 4.78 is 0. The van der Waals surface area contributed by atoms with E-state index in [1.54, 1.807) is 0 Å². The van der Waals surface area contributed by atoms with Gasteiger partial charge < -0.3 is 10.6 Å². The van der Waals surface area contributed by atoms with Gasteiger partial charge in [-0.2, -0.15) is 0 Å². The Balaban J connectivity index is 1.55. The summed E-state index contributed by atoms with van der Waals surface area (Å²) in [5, 5.41) is 16.4. The minimum atomic E-state index is -1.15. The van der Waals surface area contributed by atoms with Gasteiger partial charge in [-0.15, -0.1) is 0 Å². The molecular formula is C21H20N4O5. The average molecular weight is 408 g/mol. The zero-order chi connectivity index (χ0) is 21.5. The molecule has 4 rings (SSSR count). The SMILES string of the molecule is Cc1c(NC(=O)CN2C(=O)NC3(CCCc4ccccc43)C2=O)cccc1[N+](=O)[O-]. The summed E-state index contributed by atoms with van der Waals surface area (Å²) in [5.74, 6) is -1.06. The molecule has 2 aromatic carbocycles. The highest BCUT2D eigenvalue weighted by Crippen LogP contribution is 2.39. The molecule has 2 aliphatic rings. The third-order valence-electron chi connectivity index (χ3n) is 5.73. The first kappa shape index (κ1) is 19.6. The molecule has 1 aliphatic heterocycles. The van der Waals surface area contributed by atoms with Crippen molar-refractivity contribution in [3.05, 3.63) is 69.3 Å². The minimum absolute atomic E-state index is 0.124. The molecule has 2 aromatic rings. The molecule has 0 bridgehead atoms. The first-order valence-corrected chi connectivity index (χ1v) is 9.60. The Morgan fingerprint density at radius 3 is 2.77 bits per heavy atom. The number of urea groups is 1. The Hall–Kier alpha value is -3.75. The van der Waals surface area contributed by atoms with Crippen molar-refractivity contribution in [3.8, 4) is 0 Å². The average Bonchev–Trinajstić information content (AvgIpc) is 2.94.